The van der Waals surface area contributed by atoms with Crippen LogP contribution >= 0.6 is 0 Å². The average Bonchev–Trinajstić information content (AvgIpc) is 3.14. The zero-order valence-corrected chi connectivity index (χ0v) is 15.1. The Balaban J connectivity index is 1.71. The molecule has 7 nitrogen and oxygen atoms in total. The van der Waals surface area contributed by atoms with Crippen molar-refractivity contribution in [3.8, 4) is 0 Å². The molecule has 7 heteroatoms. The Morgan fingerprint density at radius 2 is 1.75 bits per heavy atom. The molecule has 28 heavy (non-hydrogen) atoms. The third-order valence-corrected chi connectivity index (χ3v) is 4.32. The lowest BCUT2D eigenvalue weighted by Gasteiger charge is -2.16. The predicted molar refractivity (Wildman–Crippen MR) is 103 cm³/mol. The number of hydrogen-bond donors (Lipinski definition) is 3. The van der Waals surface area contributed by atoms with E-state index in [2.05, 4.69) is 10.3 Å². The molecule has 0 radical (unpaired) electrons. The standard InChI is InChI=1S/C21H20N2O5/c24-19(25)11-10-18(23-21(27)28-13-14-6-2-1-3-7-14)20(26)16-12-22-17-9-5-4-8-15(16)17/h1-9,12,18,22H,10-11,13H2,(H,23,27)(H,24,25). The molecular formula is C21H20N2O5. The first-order valence-electron chi connectivity index (χ1n) is 8.84. The number of H-pyrrole nitrogens is 1. The van der Waals surface area contributed by atoms with Crippen LogP contribution in [0.15, 0.2) is 60.8 Å². The molecule has 0 aliphatic carbocycles. The fourth-order valence-corrected chi connectivity index (χ4v) is 2.91. The van der Waals surface area contributed by atoms with E-state index >= 15 is 0 Å². The van der Waals surface area contributed by atoms with Gasteiger partial charge in [0.05, 0.1) is 6.04 Å². The molecule has 0 aliphatic heterocycles. The number of nitrogens with one attached hydrogen (secondary N) is 2. The van der Waals surface area contributed by atoms with Crippen molar-refractivity contribution in [1.82, 2.24) is 10.3 Å². The summed E-state index contributed by atoms with van der Waals surface area (Å²) in [6, 6.07) is 15.4. The minimum absolute atomic E-state index is 0.0336. The summed E-state index contributed by atoms with van der Waals surface area (Å²) in [5, 5.41) is 12.2. The molecule has 0 spiro atoms. The summed E-state index contributed by atoms with van der Waals surface area (Å²) in [5.41, 5.74) is 1.99. The predicted octanol–water partition coefficient (Wildman–Crippen LogP) is 3.51. The number of aromatic nitrogens is 1. The molecule has 0 bridgehead atoms. The Bertz CT molecular complexity index is 981. The van der Waals surface area contributed by atoms with Crippen LogP contribution in [0, 0.1) is 0 Å². The van der Waals surface area contributed by atoms with Crippen LogP contribution in [0.1, 0.15) is 28.8 Å². The molecule has 0 saturated heterocycles. The third-order valence-electron chi connectivity index (χ3n) is 4.32. The van der Waals surface area contributed by atoms with Crippen LogP contribution in [0.3, 0.4) is 0 Å². The van der Waals surface area contributed by atoms with E-state index in [1.807, 2.05) is 42.5 Å². The summed E-state index contributed by atoms with van der Waals surface area (Å²) in [4.78, 5) is 39.1. The molecule has 144 valence electrons. The number of ketones is 1. The van der Waals surface area contributed by atoms with E-state index in [0.29, 0.717) is 10.9 Å². The van der Waals surface area contributed by atoms with Crippen molar-refractivity contribution in [1.29, 1.82) is 0 Å². The van der Waals surface area contributed by atoms with Crippen molar-refractivity contribution in [2.75, 3.05) is 0 Å². The van der Waals surface area contributed by atoms with Crippen molar-refractivity contribution in [2.24, 2.45) is 0 Å². The number of para-hydroxylation sites is 1. The van der Waals surface area contributed by atoms with E-state index in [4.69, 9.17) is 9.84 Å². The Hall–Kier alpha value is -3.61. The van der Waals surface area contributed by atoms with E-state index < -0.39 is 18.1 Å². The molecule has 0 fully saturated rings. The molecule has 0 aliphatic rings. The number of rotatable bonds is 8. The van der Waals surface area contributed by atoms with Gasteiger partial charge in [0, 0.05) is 29.1 Å². The zero-order valence-electron chi connectivity index (χ0n) is 15.1. The number of aliphatic carboxylic acids is 1. The second-order valence-electron chi connectivity index (χ2n) is 6.30. The first-order chi connectivity index (χ1) is 13.5. The van der Waals surface area contributed by atoms with Crippen LogP contribution in [0.5, 0.6) is 0 Å². The van der Waals surface area contributed by atoms with Crippen LogP contribution in [0.2, 0.25) is 0 Å². The van der Waals surface area contributed by atoms with Gasteiger partial charge in [-0.05, 0) is 18.1 Å². The number of hydrogen-bond acceptors (Lipinski definition) is 4. The van der Waals surface area contributed by atoms with Gasteiger partial charge in [-0.1, -0.05) is 48.5 Å². The highest BCUT2D eigenvalue weighted by Crippen LogP contribution is 2.20. The minimum atomic E-state index is -1.05. The van der Waals surface area contributed by atoms with E-state index in [0.717, 1.165) is 11.1 Å². The maximum atomic E-state index is 13.0. The highest BCUT2D eigenvalue weighted by Gasteiger charge is 2.25. The molecule has 1 aromatic heterocycles. The van der Waals surface area contributed by atoms with E-state index in [-0.39, 0.29) is 25.2 Å². The van der Waals surface area contributed by atoms with Gasteiger partial charge in [0.25, 0.3) is 0 Å². The van der Waals surface area contributed by atoms with Gasteiger partial charge in [0.15, 0.2) is 5.78 Å². The maximum Gasteiger partial charge on any atom is 0.408 e. The van der Waals surface area contributed by atoms with E-state index in [1.165, 1.54) is 0 Å². The Kier molecular flexibility index (Phi) is 6.06. The molecule has 3 N–H and O–H groups in total. The maximum absolute atomic E-state index is 13.0. The van der Waals surface area contributed by atoms with Gasteiger partial charge in [-0.2, -0.15) is 0 Å². The summed E-state index contributed by atoms with van der Waals surface area (Å²) in [5.74, 6) is -1.41. The molecule has 1 unspecified atom stereocenters. The molecule has 3 rings (SSSR count). The molecule has 2 aromatic carbocycles. The zero-order chi connectivity index (χ0) is 19.9. The van der Waals surface area contributed by atoms with Gasteiger partial charge in [-0.15, -0.1) is 0 Å². The summed E-state index contributed by atoms with van der Waals surface area (Å²) >= 11 is 0. The number of carboxylic acids is 1. The molecular weight excluding hydrogens is 360 g/mol. The highest BCUT2D eigenvalue weighted by molar-refractivity contribution is 6.11. The smallest absolute Gasteiger partial charge is 0.408 e. The second kappa shape index (κ2) is 8.85. The third kappa shape index (κ3) is 4.76. The Labute approximate surface area is 161 Å². The van der Waals surface area contributed by atoms with Gasteiger partial charge in [-0.3, -0.25) is 9.59 Å². The molecule has 0 saturated carbocycles. The number of carboxylic acid groups (broad SMARTS) is 1. The van der Waals surface area contributed by atoms with Crippen LogP contribution < -0.4 is 5.32 Å². The van der Waals surface area contributed by atoms with Gasteiger partial charge in [0.2, 0.25) is 0 Å². The van der Waals surface area contributed by atoms with Crippen molar-refractivity contribution >= 4 is 28.7 Å². The van der Waals surface area contributed by atoms with Crippen LogP contribution in [-0.4, -0.2) is 34.0 Å². The minimum Gasteiger partial charge on any atom is -0.481 e. The Morgan fingerprint density at radius 1 is 1.04 bits per heavy atom. The van der Waals surface area contributed by atoms with Crippen molar-refractivity contribution in [3.63, 3.8) is 0 Å². The number of amides is 1. The second-order valence-corrected chi connectivity index (χ2v) is 6.30. The number of aromatic amines is 1. The van der Waals surface area contributed by atoms with Crippen LogP contribution in [-0.2, 0) is 16.1 Å². The summed E-state index contributed by atoms with van der Waals surface area (Å²) in [6.45, 7) is 0.0552. The number of alkyl carbamates (subject to hydrolysis) is 1. The molecule has 1 atom stereocenters. The summed E-state index contributed by atoms with van der Waals surface area (Å²) in [6.07, 6.45) is 0.510. The van der Waals surface area contributed by atoms with Crippen molar-refractivity contribution in [3.05, 3.63) is 71.9 Å². The lowest BCUT2D eigenvalue weighted by atomic mass is 10.00. The van der Waals surface area contributed by atoms with Crippen LogP contribution in [0.4, 0.5) is 4.79 Å². The molecule has 1 heterocycles. The lowest BCUT2D eigenvalue weighted by Crippen LogP contribution is -2.41. The Morgan fingerprint density at radius 3 is 2.50 bits per heavy atom. The van der Waals surface area contributed by atoms with Gasteiger partial charge < -0.3 is 20.1 Å². The number of carbonyl (C=O) groups is 3. The SMILES string of the molecule is O=C(O)CCC(NC(=O)OCc1ccccc1)C(=O)c1c[nH]c2ccccc12. The molecule has 3 aromatic rings. The largest absolute Gasteiger partial charge is 0.481 e. The van der Waals surface area contributed by atoms with Gasteiger partial charge in [0.1, 0.15) is 6.61 Å². The van der Waals surface area contributed by atoms with Crippen LogP contribution in [0.25, 0.3) is 10.9 Å². The van der Waals surface area contributed by atoms with Crippen molar-refractivity contribution in [2.45, 2.75) is 25.5 Å². The monoisotopic (exact) mass is 380 g/mol. The summed E-state index contributed by atoms with van der Waals surface area (Å²) < 4.78 is 5.16. The van der Waals surface area contributed by atoms with E-state index in [1.54, 1.807) is 18.3 Å². The van der Waals surface area contributed by atoms with Gasteiger partial charge >= 0.3 is 12.1 Å². The number of Topliss-reactive ketones (excluding diaryl/α,β-unsaturated/α-hetero) is 1. The fraction of sp³-hybridized carbons (Fsp3) is 0.190. The first kappa shape index (κ1) is 19.2. The number of benzene rings is 2. The highest BCUT2D eigenvalue weighted by atomic mass is 16.5. The number of carbonyl (C=O) groups excluding carboxylic acids is 2. The lowest BCUT2D eigenvalue weighted by molar-refractivity contribution is -0.137. The normalized spacial score (nSPS) is 11.7. The number of ether oxygens (including phenoxy) is 1. The van der Waals surface area contributed by atoms with Gasteiger partial charge in [-0.25, -0.2) is 4.79 Å². The molecule has 1 amide bonds. The number of fused-ring (bicyclic) bond motifs is 1. The summed E-state index contributed by atoms with van der Waals surface area (Å²) in [7, 11) is 0. The average molecular weight is 380 g/mol. The fourth-order valence-electron chi connectivity index (χ4n) is 2.91. The quantitative estimate of drug-likeness (QED) is 0.518. The topological polar surface area (TPSA) is 108 Å². The van der Waals surface area contributed by atoms with Crippen molar-refractivity contribution < 1.29 is 24.2 Å². The van der Waals surface area contributed by atoms with E-state index in [9.17, 15) is 14.4 Å². The first-order valence-corrected chi connectivity index (χ1v) is 8.84.